The van der Waals surface area contributed by atoms with E-state index in [9.17, 15) is 0 Å². The summed E-state index contributed by atoms with van der Waals surface area (Å²) in [5.41, 5.74) is 2.82. The molecule has 1 aliphatic carbocycles. The molecule has 1 aliphatic rings. The van der Waals surface area contributed by atoms with Gasteiger partial charge in [-0.3, -0.25) is 0 Å². The van der Waals surface area contributed by atoms with Gasteiger partial charge >= 0.3 is 0 Å². The lowest BCUT2D eigenvalue weighted by atomic mass is 9.67. The molecule has 1 unspecified atom stereocenters. The molecule has 2 N–H and O–H groups in total. The van der Waals surface area contributed by atoms with Gasteiger partial charge in [0.15, 0.2) is 0 Å². The molecular formula is C16H25NO. The molecule has 1 fully saturated rings. The molecule has 0 bridgehead atoms. The maximum Gasteiger partial charge on any atom is 0.0681 e. The van der Waals surface area contributed by atoms with Gasteiger partial charge in [0.1, 0.15) is 0 Å². The average Bonchev–Trinajstić information content (AvgIpc) is 2.38. The second-order valence-electron chi connectivity index (χ2n) is 5.71. The van der Waals surface area contributed by atoms with Crippen molar-refractivity contribution >= 4 is 0 Å². The zero-order valence-electron chi connectivity index (χ0n) is 11.6. The van der Waals surface area contributed by atoms with Gasteiger partial charge in [-0.25, -0.2) is 0 Å². The molecule has 2 heteroatoms. The van der Waals surface area contributed by atoms with Crippen molar-refractivity contribution in [3.63, 3.8) is 0 Å². The lowest BCUT2D eigenvalue weighted by Gasteiger charge is -2.42. The van der Waals surface area contributed by atoms with Gasteiger partial charge in [-0.2, -0.15) is 0 Å². The van der Waals surface area contributed by atoms with Crippen LogP contribution < -0.4 is 5.32 Å². The standard InChI is InChI=1S/C16H25NO/c1-3-16(8-5-9-16)12-17-13(2)15-7-4-6-14(10-15)11-18/h4,6-7,10,13,17-18H,3,5,8-9,11-12H2,1-2H3. The summed E-state index contributed by atoms with van der Waals surface area (Å²) in [5.74, 6) is 0. The lowest BCUT2D eigenvalue weighted by molar-refractivity contribution is 0.120. The Balaban J connectivity index is 1.92. The van der Waals surface area contributed by atoms with E-state index in [1.165, 1.54) is 31.2 Å². The van der Waals surface area contributed by atoms with E-state index in [1.54, 1.807) is 0 Å². The molecule has 0 amide bonds. The first-order chi connectivity index (χ1) is 8.69. The summed E-state index contributed by atoms with van der Waals surface area (Å²) in [6, 6.07) is 8.58. The van der Waals surface area contributed by atoms with Crippen LogP contribution in [0, 0.1) is 5.41 Å². The predicted octanol–water partition coefficient (Wildman–Crippen LogP) is 3.41. The van der Waals surface area contributed by atoms with Crippen LogP contribution >= 0.6 is 0 Å². The molecule has 1 atom stereocenters. The van der Waals surface area contributed by atoms with Crippen molar-refractivity contribution in [2.24, 2.45) is 5.41 Å². The van der Waals surface area contributed by atoms with Crippen LogP contribution in [0.25, 0.3) is 0 Å². The van der Waals surface area contributed by atoms with Crippen LogP contribution in [0.2, 0.25) is 0 Å². The van der Waals surface area contributed by atoms with Crippen molar-refractivity contribution in [1.29, 1.82) is 0 Å². The highest BCUT2D eigenvalue weighted by atomic mass is 16.3. The maximum atomic E-state index is 9.17. The third-order valence-electron chi connectivity index (χ3n) is 4.58. The highest BCUT2D eigenvalue weighted by molar-refractivity contribution is 5.25. The van der Waals surface area contributed by atoms with Crippen molar-refractivity contribution in [2.45, 2.75) is 52.2 Å². The molecule has 0 heterocycles. The number of aliphatic hydroxyl groups is 1. The molecular weight excluding hydrogens is 222 g/mol. The normalized spacial score (nSPS) is 19.3. The van der Waals surface area contributed by atoms with E-state index in [4.69, 9.17) is 5.11 Å². The largest absolute Gasteiger partial charge is 0.392 e. The monoisotopic (exact) mass is 247 g/mol. The topological polar surface area (TPSA) is 32.3 Å². The minimum absolute atomic E-state index is 0.124. The van der Waals surface area contributed by atoms with E-state index in [1.807, 2.05) is 12.1 Å². The number of aliphatic hydroxyl groups excluding tert-OH is 1. The van der Waals surface area contributed by atoms with Crippen LogP contribution in [0.4, 0.5) is 0 Å². The fourth-order valence-corrected chi connectivity index (χ4v) is 2.78. The van der Waals surface area contributed by atoms with Crippen LogP contribution in [0.5, 0.6) is 0 Å². The van der Waals surface area contributed by atoms with E-state index < -0.39 is 0 Å². The van der Waals surface area contributed by atoms with Crippen molar-refractivity contribution in [1.82, 2.24) is 5.32 Å². The Morgan fingerprint density at radius 1 is 1.39 bits per heavy atom. The Morgan fingerprint density at radius 2 is 2.17 bits per heavy atom. The summed E-state index contributed by atoms with van der Waals surface area (Å²) in [5, 5.41) is 12.8. The predicted molar refractivity (Wildman–Crippen MR) is 75.4 cm³/mol. The molecule has 1 aromatic rings. The molecule has 2 nitrogen and oxygen atoms in total. The van der Waals surface area contributed by atoms with Crippen LogP contribution in [0.15, 0.2) is 24.3 Å². The summed E-state index contributed by atoms with van der Waals surface area (Å²) in [6.45, 7) is 5.75. The number of hydrogen-bond donors (Lipinski definition) is 2. The molecule has 0 spiro atoms. The van der Waals surface area contributed by atoms with Gasteiger partial charge in [-0.05, 0) is 42.7 Å². The first-order valence-corrected chi connectivity index (χ1v) is 7.12. The highest BCUT2D eigenvalue weighted by Gasteiger charge is 2.34. The van der Waals surface area contributed by atoms with Crippen molar-refractivity contribution in [2.75, 3.05) is 6.54 Å². The first-order valence-electron chi connectivity index (χ1n) is 7.12. The second kappa shape index (κ2) is 5.85. The number of hydrogen-bond acceptors (Lipinski definition) is 2. The zero-order chi connectivity index (χ0) is 13.0. The summed E-state index contributed by atoms with van der Waals surface area (Å²) in [7, 11) is 0. The van der Waals surface area contributed by atoms with E-state index in [2.05, 4.69) is 31.3 Å². The molecule has 0 radical (unpaired) electrons. The average molecular weight is 247 g/mol. The van der Waals surface area contributed by atoms with Crippen molar-refractivity contribution < 1.29 is 5.11 Å². The lowest BCUT2D eigenvalue weighted by Crippen LogP contribution is -2.40. The van der Waals surface area contributed by atoms with Gasteiger partial charge in [-0.1, -0.05) is 37.6 Å². The smallest absolute Gasteiger partial charge is 0.0681 e. The number of rotatable bonds is 6. The van der Waals surface area contributed by atoms with E-state index >= 15 is 0 Å². The minimum Gasteiger partial charge on any atom is -0.392 e. The zero-order valence-corrected chi connectivity index (χ0v) is 11.6. The fourth-order valence-electron chi connectivity index (χ4n) is 2.78. The third kappa shape index (κ3) is 2.93. The third-order valence-corrected chi connectivity index (χ3v) is 4.58. The van der Waals surface area contributed by atoms with Gasteiger partial charge in [-0.15, -0.1) is 0 Å². The van der Waals surface area contributed by atoms with Gasteiger partial charge < -0.3 is 10.4 Å². The molecule has 0 saturated heterocycles. The summed E-state index contributed by atoms with van der Waals surface area (Å²) in [4.78, 5) is 0. The van der Waals surface area contributed by atoms with Crippen LogP contribution in [-0.4, -0.2) is 11.7 Å². The molecule has 1 aromatic carbocycles. The quantitative estimate of drug-likeness (QED) is 0.807. The SMILES string of the molecule is CCC1(CNC(C)c2cccc(CO)c2)CCC1. The summed E-state index contributed by atoms with van der Waals surface area (Å²) >= 11 is 0. The Bertz CT molecular complexity index is 379. The Morgan fingerprint density at radius 3 is 2.72 bits per heavy atom. The van der Waals surface area contributed by atoms with Crippen LogP contribution in [0.1, 0.15) is 56.7 Å². The van der Waals surface area contributed by atoms with E-state index in [0.29, 0.717) is 11.5 Å². The van der Waals surface area contributed by atoms with Gasteiger partial charge in [0.25, 0.3) is 0 Å². The number of nitrogens with one attached hydrogen (secondary N) is 1. The molecule has 0 aliphatic heterocycles. The molecule has 18 heavy (non-hydrogen) atoms. The molecule has 100 valence electrons. The Hall–Kier alpha value is -0.860. The second-order valence-corrected chi connectivity index (χ2v) is 5.71. The Labute approximate surface area is 110 Å². The first kappa shape index (κ1) is 13.6. The van der Waals surface area contributed by atoms with E-state index in [-0.39, 0.29) is 6.61 Å². The van der Waals surface area contributed by atoms with Crippen LogP contribution in [0.3, 0.4) is 0 Å². The van der Waals surface area contributed by atoms with Gasteiger partial charge in [0.2, 0.25) is 0 Å². The van der Waals surface area contributed by atoms with Crippen LogP contribution in [-0.2, 0) is 6.61 Å². The van der Waals surface area contributed by atoms with Gasteiger partial charge in [0, 0.05) is 12.6 Å². The fraction of sp³-hybridized carbons (Fsp3) is 0.625. The maximum absolute atomic E-state index is 9.17. The summed E-state index contributed by atoms with van der Waals surface area (Å²) < 4.78 is 0. The summed E-state index contributed by atoms with van der Waals surface area (Å²) in [6.07, 6.45) is 5.42. The minimum atomic E-state index is 0.124. The molecule has 1 saturated carbocycles. The highest BCUT2D eigenvalue weighted by Crippen LogP contribution is 2.43. The number of benzene rings is 1. The molecule has 0 aromatic heterocycles. The Kier molecular flexibility index (Phi) is 4.41. The molecule has 2 rings (SSSR count). The van der Waals surface area contributed by atoms with Crippen molar-refractivity contribution in [3.05, 3.63) is 35.4 Å². The van der Waals surface area contributed by atoms with Gasteiger partial charge in [0.05, 0.1) is 6.61 Å². The van der Waals surface area contributed by atoms with Crippen molar-refractivity contribution in [3.8, 4) is 0 Å². The van der Waals surface area contributed by atoms with E-state index in [0.717, 1.165) is 12.1 Å².